The Kier molecular flexibility index (Phi) is 3.43. The van der Waals surface area contributed by atoms with Gasteiger partial charge in [0.1, 0.15) is 6.33 Å². The second-order valence-corrected chi connectivity index (χ2v) is 4.85. The van der Waals surface area contributed by atoms with E-state index in [4.69, 9.17) is 10.5 Å². The topological polar surface area (TPSA) is 78.8 Å². The molecule has 0 amide bonds. The molecule has 0 aliphatic rings. The molecule has 0 atom stereocenters. The highest BCUT2D eigenvalue weighted by Gasteiger charge is 2.14. The van der Waals surface area contributed by atoms with Gasteiger partial charge in [0.05, 0.1) is 7.11 Å². The van der Waals surface area contributed by atoms with Gasteiger partial charge < -0.3 is 10.5 Å². The van der Waals surface area contributed by atoms with Crippen LogP contribution in [0.2, 0.25) is 0 Å². The SMILES string of the molecule is COc1ncnc2c1nc(N)n2CCc1ccccc1C. The van der Waals surface area contributed by atoms with Crippen LogP contribution < -0.4 is 10.5 Å². The molecule has 1 aromatic carbocycles. The molecule has 0 radical (unpaired) electrons. The number of nitrogens with two attached hydrogens (primary N) is 1. The number of aromatic nitrogens is 4. The van der Waals surface area contributed by atoms with Gasteiger partial charge in [-0.1, -0.05) is 24.3 Å². The van der Waals surface area contributed by atoms with Crippen LogP contribution in [-0.2, 0) is 13.0 Å². The molecule has 0 saturated heterocycles. The molecule has 0 fully saturated rings. The molecule has 2 aromatic heterocycles. The number of imidazole rings is 1. The summed E-state index contributed by atoms with van der Waals surface area (Å²) >= 11 is 0. The Bertz CT molecular complexity index is 781. The molecule has 0 saturated carbocycles. The monoisotopic (exact) mass is 283 g/mol. The Labute approximate surface area is 122 Å². The summed E-state index contributed by atoms with van der Waals surface area (Å²) in [6, 6.07) is 8.32. The van der Waals surface area contributed by atoms with E-state index in [1.165, 1.54) is 17.5 Å². The summed E-state index contributed by atoms with van der Waals surface area (Å²) in [6.07, 6.45) is 2.33. The standard InChI is InChI=1S/C15H17N5O/c1-10-5-3-4-6-11(10)7-8-20-13-12(19-15(20)16)14(21-2)18-9-17-13/h3-6,9H,7-8H2,1-2H3,(H2,16,19). The summed E-state index contributed by atoms with van der Waals surface area (Å²) < 4.78 is 7.09. The average Bonchev–Trinajstić information content (AvgIpc) is 2.82. The number of fused-ring (bicyclic) bond motifs is 1. The molecule has 21 heavy (non-hydrogen) atoms. The van der Waals surface area contributed by atoms with Crippen LogP contribution in [0.1, 0.15) is 11.1 Å². The molecule has 3 rings (SSSR count). The van der Waals surface area contributed by atoms with Crippen LogP contribution in [0, 0.1) is 6.92 Å². The molecule has 108 valence electrons. The summed E-state index contributed by atoms with van der Waals surface area (Å²) in [5.41, 5.74) is 9.87. The van der Waals surface area contributed by atoms with Gasteiger partial charge in [0.15, 0.2) is 11.2 Å². The minimum Gasteiger partial charge on any atom is -0.479 e. The molecule has 0 bridgehead atoms. The highest BCUT2D eigenvalue weighted by molar-refractivity contribution is 5.78. The number of hydrogen-bond acceptors (Lipinski definition) is 5. The van der Waals surface area contributed by atoms with Crippen molar-refractivity contribution in [1.29, 1.82) is 0 Å². The number of rotatable bonds is 4. The second kappa shape index (κ2) is 5.40. The van der Waals surface area contributed by atoms with Crippen LogP contribution >= 0.6 is 0 Å². The minimum absolute atomic E-state index is 0.428. The van der Waals surface area contributed by atoms with Gasteiger partial charge in [-0.05, 0) is 24.5 Å². The summed E-state index contributed by atoms with van der Waals surface area (Å²) in [6.45, 7) is 2.82. The van der Waals surface area contributed by atoms with Crippen molar-refractivity contribution in [3.63, 3.8) is 0 Å². The number of benzene rings is 1. The van der Waals surface area contributed by atoms with E-state index < -0.39 is 0 Å². The van der Waals surface area contributed by atoms with Gasteiger partial charge in [-0.15, -0.1) is 0 Å². The van der Waals surface area contributed by atoms with Crippen LogP contribution in [0.25, 0.3) is 11.2 Å². The maximum Gasteiger partial charge on any atom is 0.245 e. The van der Waals surface area contributed by atoms with E-state index in [0.29, 0.717) is 29.5 Å². The number of nitrogen functional groups attached to an aromatic ring is 1. The third-order valence-corrected chi connectivity index (χ3v) is 3.59. The third kappa shape index (κ3) is 2.40. The zero-order valence-electron chi connectivity index (χ0n) is 12.1. The van der Waals surface area contributed by atoms with Gasteiger partial charge in [-0.3, -0.25) is 4.57 Å². The Hall–Kier alpha value is -2.63. The Morgan fingerprint density at radius 2 is 2.05 bits per heavy atom. The van der Waals surface area contributed by atoms with Crippen LogP contribution in [0.15, 0.2) is 30.6 Å². The van der Waals surface area contributed by atoms with Crippen molar-refractivity contribution in [2.45, 2.75) is 19.9 Å². The van der Waals surface area contributed by atoms with E-state index in [-0.39, 0.29) is 0 Å². The van der Waals surface area contributed by atoms with Gasteiger partial charge in [0, 0.05) is 6.54 Å². The molecule has 2 N–H and O–H groups in total. The fraction of sp³-hybridized carbons (Fsp3) is 0.267. The lowest BCUT2D eigenvalue weighted by molar-refractivity contribution is 0.401. The smallest absolute Gasteiger partial charge is 0.245 e. The summed E-state index contributed by atoms with van der Waals surface area (Å²) in [7, 11) is 1.56. The molecule has 2 heterocycles. The first-order chi connectivity index (χ1) is 10.2. The Morgan fingerprint density at radius 1 is 1.24 bits per heavy atom. The molecule has 0 spiro atoms. The lowest BCUT2D eigenvalue weighted by Crippen LogP contribution is -2.07. The molecule has 6 nitrogen and oxygen atoms in total. The molecule has 0 aliphatic heterocycles. The first kappa shape index (κ1) is 13.4. The molecule has 0 unspecified atom stereocenters. The molecule has 3 aromatic rings. The largest absolute Gasteiger partial charge is 0.479 e. The van der Waals surface area contributed by atoms with Crippen molar-refractivity contribution in [2.75, 3.05) is 12.8 Å². The number of methoxy groups -OCH3 is 1. The zero-order valence-corrected chi connectivity index (χ0v) is 12.1. The maximum atomic E-state index is 6.01. The second-order valence-electron chi connectivity index (χ2n) is 4.85. The van der Waals surface area contributed by atoms with Crippen molar-refractivity contribution in [3.8, 4) is 5.88 Å². The van der Waals surface area contributed by atoms with Crippen LogP contribution in [0.4, 0.5) is 5.95 Å². The van der Waals surface area contributed by atoms with Crippen LogP contribution in [-0.4, -0.2) is 26.6 Å². The fourth-order valence-electron chi connectivity index (χ4n) is 2.43. The quantitative estimate of drug-likeness (QED) is 0.792. The Morgan fingerprint density at radius 3 is 2.81 bits per heavy atom. The van der Waals surface area contributed by atoms with Crippen molar-refractivity contribution in [1.82, 2.24) is 19.5 Å². The zero-order chi connectivity index (χ0) is 14.8. The molecule has 6 heteroatoms. The predicted molar refractivity (Wildman–Crippen MR) is 81.2 cm³/mol. The van der Waals surface area contributed by atoms with Gasteiger partial charge in [0.25, 0.3) is 0 Å². The fourth-order valence-corrected chi connectivity index (χ4v) is 2.43. The summed E-state index contributed by atoms with van der Waals surface area (Å²) in [5.74, 6) is 0.874. The Balaban J connectivity index is 1.94. The maximum absolute atomic E-state index is 6.01. The number of hydrogen-bond donors (Lipinski definition) is 1. The number of nitrogens with zero attached hydrogens (tertiary/aromatic N) is 4. The van der Waals surface area contributed by atoms with Gasteiger partial charge in [-0.25, -0.2) is 9.97 Å². The van der Waals surface area contributed by atoms with Crippen LogP contribution in [0.3, 0.4) is 0 Å². The van der Waals surface area contributed by atoms with Crippen molar-refractivity contribution in [3.05, 3.63) is 41.7 Å². The van der Waals surface area contributed by atoms with Gasteiger partial charge >= 0.3 is 0 Å². The van der Waals surface area contributed by atoms with Crippen LogP contribution in [0.5, 0.6) is 5.88 Å². The number of anilines is 1. The van der Waals surface area contributed by atoms with Crippen molar-refractivity contribution in [2.24, 2.45) is 0 Å². The van der Waals surface area contributed by atoms with Gasteiger partial charge in [0.2, 0.25) is 11.8 Å². The minimum atomic E-state index is 0.428. The highest BCUT2D eigenvalue weighted by Crippen LogP contribution is 2.23. The number of aryl methyl sites for hydroxylation is 3. The summed E-state index contributed by atoms with van der Waals surface area (Å²) in [5, 5.41) is 0. The number of ether oxygens (including phenoxy) is 1. The average molecular weight is 283 g/mol. The van der Waals surface area contributed by atoms with E-state index in [9.17, 15) is 0 Å². The van der Waals surface area contributed by atoms with Gasteiger partial charge in [-0.2, -0.15) is 4.98 Å². The normalized spacial score (nSPS) is 11.0. The van der Waals surface area contributed by atoms with E-state index in [2.05, 4.69) is 34.0 Å². The lowest BCUT2D eigenvalue weighted by Gasteiger charge is -2.08. The van der Waals surface area contributed by atoms with Crippen molar-refractivity contribution >= 4 is 17.1 Å². The van der Waals surface area contributed by atoms with E-state index in [1.54, 1.807) is 7.11 Å². The van der Waals surface area contributed by atoms with E-state index in [0.717, 1.165) is 6.42 Å². The van der Waals surface area contributed by atoms with Crippen molar-refractivity contribution < 1.29 is 4.74 Å². The molecular formula is C15H17N5O. The van der Waals surface area contributed by atoms with E-state index in [1.807, 2.05) is 16.7 Å². The predicted octanol–water partition coefficient (Wildman–Crippen LogP) is 1.97. The molecule has 0 aliphatic carbocycles. The third-order valence-electron chi connectivity index (χ3n) is 3.59. The highest BCUT2D eigenvalue weighted by atomic mass is 16.5. The molecular weight excluding hydrogens is 266 g/mol. The first-order valence-corrected chi connectivity index (χ1v) is 6.76. The van der Waals surface area contributed by atoms with E-state index >= 15 is 0 Å². The first-order valence-electron chi connectivity index (χ1n) is 6.76. The summed E-state index contributed by atoms with van der Waals surface area (Å²) in [4.78, 5) is 12.6. The lowest BCUT2D eigenvalue weighted by atomic mass is 10.1.